The number of nitrogens with two attached hydrogens (primary N) is 1. The second-order valence-corrected chi connectivity index (χ2v) is 18.4. The van der Waals surface area contributed by atoms with E-state index in [0.717, 1.165) is 18.2 Å². The molecule has 0 radical (unpaired) electrons. The van der Waals surface area contributed by atoms with Crippen LogP contribution in [0.25, 0.3) is 32.3 Å². The van der Waals surface area contributed by atoms with E-state index < -0.39 is 68.9 Å². The van der Waals surface area contributed by atoms with Crippen molar-refractivity contribution in [2.24, 2.45) is 30.7 Å². The van der Waals surface area contributed by atoms with Crippen LogP contribution in [-0.2, 0) is 30.4 Å². The lowest BCUT2D eigenvalue weighted by Gasteiger charge is -2.11. The Balaban J connectivity index is 1.04. The van der Waals surface area contributed by atoms with Crippen molar-refractivity contribution in [1.29, 1.82) is 0 Å². The van der Waals surface area contributed by atoms with Gasteiger partial charge in [-0.15, -0.1) is 20.5 Å². The molecule has 0 spiro atoms. The van der Waals surface area contributed by atoms with Crippen LogP contribution in [0.15, 0.2) is 179 Å². The average molecular weight is 947 g/mol. The lowest BCUT2D eigenvalue weighted by molar-refractivity contribution is 0.102. The summed E-state index contributed by atoms with van der Waals surface area (Å²) in [6.07, 6.45) is 0. The maximum atomic E-state index is 13.3. The summed E-state index contributed by atoms with van der Waals surface area (Å²) in [6.45, 7) is 0. The third-order valence-electron chi connectivity index (χ3n) is 9.86. The SMILES string of the molecule is Nc1ccc2c(O)c(N=Nc3ccc(C(=O)Nc4ccc5c(O)c(N=Nc6ccc(N=Nc7cccc(S(=O)(=O)O)c7)c7ccccc67)c(S(=O)(=O)O)cc5c4)cc3)c(S(=O)(=O)O)cc2c1. The van der Waals surface area contributed by atoms with Crippen LogP contribution in [0.3, 0.4) is 0 Å². The van der Waals surface area contributed by atoms with E-state index in [2.05, 4.69) is 36.0 Å². The summed E-state index contributed by atoms with van der Waals surface area (Å²) >= 11 is 0. The molecule has 0 aromatic heterocycles. The highest BCUT2D eigenvalue weighted by atomic mass is 32.2. The molecule has 0 atom stereocenters. The highest BCUT2D eigenvalue weighted by Gasteiger charge is 2.24. The zero-order chi connectivity index (χ0) is 47.1. The van der Waals surface area contributed by atoms with Crippen LogP contribution in [0.1, 0.15) is 10.4 Å². The number of phenolic OH excluding ortho intramolecular Hbond substituents is 2. The van der Waals surface area contributed by atoms with Crippen LogP contribution in [0.2, 0.25) is 0 Å². The third kappa shape index (κ3) is 9.27. The molecule has 1 amide bonds. The van der Waals surface area contributed by atoms with Crippen molar-refractivity contribution in [3.05, 3.63) is 139 Å². The molecule has 23 heteroatoms. The Kier molecular flexibility index (Phi) is 11.6. The molecular weight excluding hydrogens is 917 g/mol. The molecule has 0 aliphatic rings. The molecule has 0 aliphatic heterocycles. The molecule has 8 rings (SSSR count). The number of nitrogens with zero attached hydrogens (tertiary/aromatic N) is 6. The molecule has 8 aromatic carbocycles. The fourth-order valence-corrected chi connectivity index (χ4v) is 8.58. The molecule has 0 unspecified atom stereocenters. The van der Waals surface area contributed by atoms with Crippen molar-refractivity contribution in [2.75, 3.05) is 11.1 Å². The second-order valence-electron chi connectivity index (χ2n) is 14.2. The van der Waals surface area contributed by atoms with Crippen molar-refractivity contribution in [1.82, 2.24) is 0 Å². The molecule has 0 fully saturated rings. The first kappa shape index (κ1) is 44.5. The van der Waals surface area contributed by atoms with Gasteiger partial charge in [-0.25, -0.2) is 0 Å². The van der Waals surface area contributed by atoms with Gasteiger partial charge in [0.15, 0.2) is 11.5 Å². The van der Waals surface area contributed by atoms with Crippen molar-refractivity contribution in [3.63, 3.8) is 0 Å². The van der Waals surface area contributed by atoms with Gasteiger partial charge in [-0.3, -0.25) is 18.5 Å². The van der Waals surface area contributed by atoms with E-state index in [1.165, 1.54) is 91.0 Å². The number of nitrogen functional groups attached to an aromatic ring is 1. The van der Waals surface area contributed by atoms with Crippen molar-refractivity contribution in [2.45, 2.75) is 14.7 Å². The minimum Gasteiger partial charge on any atom is -0.505 e. The Morgan fingerprint density at radius 2 is 1.02 bits per heavy atom. The monoisotopic (exact) mass is 946 g/mol. The fourth-order valence-electron chi connectivity index (χ4n) is 6.74. The van der Waals surface area contributed by atoms with Gasteiger partial charge in [-0.1, -0.05) is 30.3 Å². The Hall–Kier alpha value is -8.06. The first-order valence-electron chi connectivity index (χ1n) is 18.8. The van der Waals surface area contributed by atoms with E-state index in [1.807, 2.05) is 0 Å². The molecule has 332 valence electrons. The van der Waals surface area contributed by atoms with Crippen LogP contribution in [0.5, 0.6) is 11.5 Å². The maximum Gasteiger partial charge on any atom is 0.296 e. The molecule has 8 N–H and O–H groups in total. The predicted octanol–water partition coefficient (Wildman–Crippen LogP) is 10.4. The Morgan fingerprint density at radius 1 is 0.485 bits per heavy atom. The first-order chi connectivity index (χ1) is 31.2. The summed E-state index contributed by atoms with van der Waals surface area (Å²) in [7, 11) is -14.4. The number of nitrogens with one attached hydrogen (secondary N) is 1. The molecule has 66 heavy (non-hydrogen) atoms. The summed E-state index contributed by atoms with van der Waals surface area (Å²) in [5, 5.41) is 50.8. The Labute approximate surface area is 373 Å². The van der Waals surface area contributed by atoms with Gasteiger partial charge in [-0.2, -0.15) is 35.5 Å². The van der Waals surface area contributed by atoms with Gasteiger partial charge in [0.2, 0.25) is 0 Å². The number of phenols is 2. The minimum atomic E-state index is -5.04. The highest BCUT2D eigenvalue weighted by Crippen LogP contribution is 2.44. The molecule has 0 heterocycles. The Morgan fingerprint density at radius 3 is 1.59 bits per heavy atom. The summed E-state index contributed by atoms with van der Waals surface area (Å²) < 4.78 is 102. The fraction of sp³-hybridized carbons (Fsp3) is 0. The molecule has 8 aromatic rings. The number of hydrogen-bond acceptors (Lipinski definition) is 16. The van der Waals surface area contributed by atoms with Gasteiger partial charge in [0.05, 0.1) is 27.6 Å². The van der Waals surface area contributed by atoms with Crippen LogP contribution in [0, 0.1) is 0 Å². The molecule has 0 aliphatic carbocycles. The van der Waals surface area contributed by atoms with E-state index in [-0.39, 0.29) is 60.4 Å². The van der Waals surface area contributed by atoms with Gasteiger partial charge in [-0.05, 0) is 114 Å². The molecule has 0 saturated carbocycles. The molecule has 0 saturated heterocycles. The van der Waals surface area contributed by atoms with Crippen molar-refractivity contribution >= 4 is 114 Å². The van der Waals surface area contributed by atoms with Crippen LogP contribution < -0.4 is 11.1 Å². The number of anilines is 2. The summed E-state index contributed by atoms with van der Waals surface area (Å²) in [5.41, 5.74) is 6.04. The number of aromatic hydroxyl groups is 2. The Bertz CT molecular complexity index is 3770. The smallest absolute Gasteiger partial charge is 0.296 e. The summed E-state index contributed by atoms with van der Waals surface area (Å²) in [4.78, 5) is 11.4. The maximum absolute atomic E-state index is 13.3. The van der Waals surface area contributed by atoms with Gasteiger partial charge in [0, 0.05) is 38.5 Å². The van der Waals surface area contributed by atoms with E-state index in [1.54, 1.807) is 24.3 Å². The van der Waals surface area contributed by atoms with Crippen molar-refractivity contribution < 1.29 is 53.9 Å². The second kappa shape index (κ2) is 17.1. The number of carbonyl (C=O) groups is 1. The number of rotatable bonds is 11. The number of benzene rings is 8. The lowest BCUT2D eigenvalue weighted by Crippen LogP contribution is -2.11. The predicted molar refractivity (Wildman–Crippen MR) is 242 cm³/mol. The zero-order valence-corrected chi connectivity index (χ0v) is 35.7. The largest absolute Gasteiger partial charge is 0.505 e. The number of fused-ring (bicyclic) bond motifs is 3. The van der Waals surface area contributed by atoms with Crippen LogP contribution in [-0.4, -0.2) is 55.0 Å². The standard InChI is InChI=1S/C43H30N8O12S3/c44-26-10-14-31-24(18-26)20-37(65(58,59)60)39(41(31)52)50-46-27-11-8-23(9-12-27)43(54)45-28-13-15-32-25(19-28)21-38(66(61,62)63)40(42(32)53)51-49-36-17-16-35(33-6-1-2-7-34(33)36)48-47-29-4-3-5-30(22-29)64(55,56)57/h1-22,52-53H,44H2,(H,45,54)(H,55,56,57)(H,58,59,60)(H,61,62,63). The van der Waals surface area contributed by atoms with Crippen LogP contribution >= 0.6 is 0 Å². The molecule has 0 bridgehead atoms. The van der Waals surface area contributed by atoms with Gasteiger partial charge in [0.1, 0.15) is 21.2 Å². The third-order valence-corrected chi connectivity index (χ3v) is 12.4. The number of azo groups is 3. The van der Waals surface area contributed by atoms with Gasteiger partial charge >= 0.3 is 0 Å². The molecule has 20 nitrogen and oxygen atoms in total. The van der Waals surface area contributed by atoms with Gasteiger partial charge < -0.3 is 21.3 Å². The lowest BCUT2D eigenvalue weighted by atomic mass is 10.1. The normalized spacial score (nSPS) is 12.6. The first-order valence-corrected chi connectivity index (χ1v) is 23.1. The molecular formula is C43H30N8O12S3. The zero-order valence-electron chi connectivity index (χ0n) is 33.3. The van der Waals surface area contributed by atoms with E-state index in [4.69, 9.17) is 5.73 Å². The summed E-state index contributed by atoms with van der Waals surface area (Å²) in [5.74, 6) is -1.86. The van der Waals surface area contributed by atoms with E-state index in [9.17, 15) is 53.9 Å². The van der Waals surface area contributed by atoms with Gasteiger partial charge in [0.25, 0.3) is 36.3 Å². The van der Waals surface area contributed by atoms with Crippen molar-refractivity contribution in [3.8, 4) is 11.5 Å². The van der Waals surface area contributed by atoms with E-state index >= 15 is 0 Å². The number of hydrogen-bond donors (Lipinski definition) is 7. The van der Waals surface area contributed by atoms with Crippen LogP contribution in [0.4, 0.5) is 45.5 Å². The number of carbonyl (C=O) groups excluding carboxylic acids is 1. The average Bonchev–Trinajstić information content (AvgIpc) is 3.27. The quantitative estimate of drug-likeness (QED) is 0.0361. The summed E-state index contributed by atoms with van der Waals surface area (Å²) in [6, 6.07) is 31.1. The topological polar surface area (TPSA) is 333 Å². The number of amides is 1. The highest BCUT2D eigenvalue weighted by molar-refractivity contribution is 7.86. The van der Waals surface area contributed by atoms with E-state index in [0.29, 0.717) is 16.5 Å². The minimum absolute atomic E-state index is 0.0830.